The molecule has 1 amide bonds. The van der Waals surface area contributed by atoms with Gasteiger partial charge < -0.3 is 5.32 Å². The number of nitrogens with one attached hydrogen (secondary N) is 1. The fourth-order valence-electron chi connectivity index (χ4n) is 2.61. The molecule has 1 unspecified atom stereocenters. The second-order valence-electron chi connectivity index (χ2n) is 5.19. The van der Waals surface area contributed by atoms with E-state index in [0.29, 0.717) is 17.7 Å². The molecule has 21 heavy (non-hydrogen) atoms. The number of benzene rings is 2. The molecule has 2 nitrogen and oxygen atoms in total. The number of halogens is 2. The summed E-state index contributed by atoms with van der Waals surface area (Å²) in [4.78, 5) is 12.1. The molecule has 1 aliphatic heterocycles. The smallest absolute Gasteiger partial charge is 0.251 e. The summed E-state index contributed by atoms with van der Waals surface area (Å²) in [7, 11) is 0. The van der Waals surface area contributed by atoms with Gasteiger partial charge in [0, 0.05) is 12.1 Å². The molecule has 4 heteroatoms. The average molecular weight is 304 g/mol. The predicted molar refractivity (Wildman–Crippen MR) is 81.2 cm³/mol. The molecule has 0 saturated carbocycles. The van der Waals surface area contributed by atoms with E-state index >= 15 is 0 Å². The van der Waals surface area contributed by atoms with Crippen LogP contribution >= 0.6 is 11.6 Å². The molecule has 0 radical (unpaired) electrons. The summed E-state index contributed by atoms with van der Waals surface area (Å²) in [5.41, 5.74) is 3.20. The Morgan fingerprint density at radius 1 is 1.14 bits per heavy atom. The Labute approximate surface area is 127 Å². The minimum absolute atomic E-state index is 0.0625. The number of hydrogen-bond donors (Lipinski definition) is 1. The van der Waals surface area contributed by atoms with E-state index in [-0.39, 0.29) is 11.7 Å². The first-order valence-electron chi connectivity index (χ1n) is 6.96. The van der Waals surface area contributed by atoms with Crippen LogP contribution in [-0.4, -0.2) is 12.5 Å². The summed E-state index contributed by atoms with van der Waals surface area (Å²) in [6.07, 6.45) is 1.81. The van der Waals surface area contributed by atoms with Gasteiger partial charge >= 0.3 is 0 Å². The maximum Gasteiger partial charge on any atom is 0.251 e. The molecule has 1 N–H and O–H groups in total. The van der Waals surface area contributed by atoms with Crippen molar-refractivity contribution < 1.29 is 9.18 Å². The summed E-state index contributed by atoms with van der Waals surface area (Å²) in [5.74, 6) is -0.377. The average Bonchev–Trinajstić information content (AvgIpc) is 2.68. The SMILES string of the molecule is O=C1NCCCc2ccc(C(Cl)c3cccc(F)c3)cc21. The second kappa shape index (κ2) is 5.86. The van der Waals surface area contributed by atoms with E-state index in [0.717, 1.165) is 24.0 Å². The number of amides is 1. The molecule has 0 spiro atoms. The molecular weight excluding hydrogens is 289 g/mol. The molecule has 1 atom stereocenters. The minimum Gasteiger partial charge on any atom is -0.352 e. The van der Waals surface area contributed by atoms with Gasteiger partial charge in [0.25, 0.3) is 5.91 Å². The van der Waals surface area contributed by atoms with Crippen molar-refractivity contribution in [3.8, 4) is 0 Å². The van der Waals surface area contributed by atoms with Crippen molar-refractivity contribution in [1.29, 1.82) is 0 Å². The number of rotatable bonds is 2. The first-order valence-corrected chi connectivity index (χ1v) is 7.39. The lowest BCUT2D eigenvalue weighted by atomic mass is 9.97. The van der Waals surface area contributed by atoms with Crippen molar-refractivity contribution in [3.63, 3.8) is 0 Å². The largest absolute Gasteiger partial charge is 0.352 e. The highest BCUT2D eigenvalue weighted by molar-refractivity contribution is 6.22. The summed E-state index contributed by atoms with van der Waals surface area (Å²) < 4.78 is 13.3. The first kappa shape index (κ1) is 14.1. The molecule has 0 saturated heterocycles. The molecule has 108 valence electrons. The van der Waals surface area contributed by atoms with Crippen LogP contribution in [0.25, 0.3) is 0 Å². The van der Waals surface area contributed by atoms with Crippen LogP contribution in [0.3, 0.4) is 0 Å². The van der Waals surface area contributed by atoms with E-state index < -0.39 is 5.38 Å². The van der Waals surface area contributed by atoms with Gasteiger partial charge in [-0.1, -0.05) is 24.3 Å². The molecule has 1 aliphatic rings. The van der Waals surface area contributed by atoms with Gasteiger partial charge in [-0.2, -0.15) is 0 Å². The van der Waals surface area contributed by atoms with Gasteiger partial charge in [0.05, 0.1) is 5.38 Å². The maximum absolute atomic E-state index is 13.3. The van der Waals surface area contributed by atoms with E-state index in [2.05, 4.69) is 5.32 Å². The number of fused-ring (bicyclic) bond motifs is 1. The van der Waals surface area contributed by atoms with Gasteiger partial charge in [0.1, 0.15) is 5.82 Å². The zero-order valence-electron chi connectivity index (χ0n) is 11.4. The van der Waals surface area contributed by atoms with Crippen LogP contribution in [0.1, 0.15) is 38.8 Å². The van der Waals surface area contributed by atoms with Crippen molar-refractivity contribution in [3.05, 3.63) is 70.5 Å². The van der Waals surface area contributed by atoms with Crippen molar-refractivity contribution in [1.82, 2.24) is 5.32 Å². The predicted octanol–water partition coefficient (Wildman–Crippen LogP) is 3.83. The van der Waals surface area contributed by atoms with Gasteiger partial charge in [-0.15, -0.1) is 11.6 Å². The van der Waals surface area contributed by atoms with Crippen LogP contribution in [0.15, 0.2) is 42.5 Å². The topological polar surface area (TPSA) is 29.1 Å². The molecule has 0 aliphatic carbocycles. The first-order chi connectivity index (χ1) is 10.1. The molecule has 3 rings (SSSR count). The Morgan fingerprint density at radius 3 is 2.76 bits per heavy atom. The van der Waals surface area contributed by atoms with E-state index in [1.807, 2.05) is 18.2 Å². The minimum atomic E-state index is -0.470. The quantitative estimate of drug-likeness (QED) is 0.839. The normalized spacial score (nSPS) is 15.8. The fourth-order valence-corrected chi connectivity index (χ4v) is 2.89. The van der Waals surface area contributed by atoms with Crippen molar-refractivity contribution in [2.45, 2.75) is 18.2 Å². The van der Waals surface area contributed by atoms with Crippen LogP contribution in [0.4, 0.5) is 4.39 Å². The number of hydrogen-bond acceptors (Lipinski definition) is 1. The van der Waals surface area contributed by atoms with Gasteiger partial charge in [0.2, 0.25) is 0 Å². The third kappa shape index (κ3) is 2.93. The van der Waals surface area contributed by atoms with E-state index in [1.165, 1.54) is 12.1 Å². The Balaban J connectivity index is 1.98. The molecule has 0 fully saturated rings. The fraction of sp³-hybridized carbons (Fsp3) is 0.235. The molecule has 0 aromatic heterocycles. The van der Waals surface area contributed by atoms with Gasteiger partial charge in [-0.25, -0.2) is 4.39 Å². The number of alkyl halides is 1. The van der Waals surface area contributed by atoms with Crippen LogP contribution in [-0.2, 0) is 6.42 Å². The van der Waals surface area contributed by atoms with E-state index in [9.17, 15) is 9.18 Å². The van der Waals surface area contributed by atoms with Crippen LogP contribution in [0.2, 0.25) is 0 Å². The van der Waals surface area contributed by atoms with Crippen molar-refractivity contribution in [2.24, 2.45) is 0 Å². The standard InChI is InChI=1S/C17H15ClFNO/c18-16(12-3-1-5-14(19)9-12)13-7-6-11-4-2-8-20-17(21)15(11)10-13/h1,3,5-7,9-10,16H,2,4,8H2,(H,20,21). The molecule has 0 bridgehead atoms. The third-order valence-corrected chi connectivity index (χ3v) is 4.22. The lowest BCUT2D eigenvalue weighted by molar-refractivity contribution is 0.0956. The lowest BCUT2D eigenvalue weighted by Gasteiger charge is -2.13. The van der Waals surface area contributed by atoms with Gasteiger partial charge in [-0.3, -0.25) is 4.79 Å². The number of aryl methyl sites for hydroxylation is 1. The maximum atomic E-state index is 13.3. The summed E-state index contributed by atoms with van der Waals surface area (Å²) in [5, 5.41) is 2.40. The number of carbonyl (C=O) groups is 1. The third-order valence-electron chi connectivity index (χ3n) is 3.72. The van der Waals surface area contributed by atoms with Gasteiger partial charge in [0.15, 0.2) is 0 Å². The Morgan fingerprint density at radius 2 is 1.95 bits per heavy atom. The highest BCUT2D eigenvalue weighted by atomic mass is 35.5. The Hall–Kier alpha value is -1.87. The van der Waals surface area contributed by atoms with E-state index in [1.54, 1.807) is 12.1 Å². The molecular formula is C17H15ClFNO. The van der Waals surface area contributed by atoms with Crippen LogP contribution < -0.4 is 5.32 Å². The van der Waals surface area contributed by atoms with Crippen LogP contribution in [0.5, 0.6) is 0 Å². The molecule has 2 aromatic carbocycles. The van der Waals surface area contributed by atoms with Crippen LogP contribution in [0, 0.1) is 5.82 Å². The Bertz CT molecular complexity index is 686. The highest BCUT2D eigenvalue weighted by Gasteiger charge is 2.18. The second-order valence-corrected chi connectivity index (χ2v) is 5.63. The van der Waals surface area contributed by atoms with Crippen molar-refractivity contribution in [2.75, 3.05) is 6.54 Å². The summed E-state index contributed by atoms with van der Waals surface area (Å²) >= 11 is 6.44. The van der Waals surface area contributed by atoms with E-state index in [4.69, 9.17) is 11.6 Å². The lowest BCUT2D eigenvalue weighted by Crippen LogP contribution is -2.22. The molecule has 1 heterocycles. The zero-order valence-corrected chi connectivity index (χ0v) is 12.2. The summed E-state index contributed by atoms with van der Waals surface area (Å²) in [6, 6.07) is 11.9. The highest BCUT2D eigenvalue weighted by Crippen LogP contribution is 2.31. The summed E-state index contributed by atoms with van der Waals surface area (Å²) in [6.45, 7) is 0.692. The van der Waals surface area contributed by atoms with Crippen molar-refractivity contribution >= 4 is 17.5 Å². The monoisotopic (exact) mass is 303 g/mol. The zero-order chi connectivity index (χ0) is 14.8. The molecule has 2 aromatic rings. The van der Waals surface area contributed by atoms with Gasteiger partial charge in [-0.05, 0) is 47.7 Å². The number of carbonyl (C=O) groups excluding carboxylic acids is 1. The Kier molecular flexibility index (Phi) is 3.93.